The fourth-order valence-corrected chi connectivity index (χ4v) is 5.81. The number of carbonyl (C=O) groups excluding carboxylic acids is 4. The van der Waals surface area contributed by atoms with Gasteiger partial charge in [0.1, 0.15) is 25.1 Å². The fraction of sp³-hybridized carbons (Fsp3) is 0.310. The lowest BCUT2D eigenvalue weighted by Gasteiger charge is -2.31. The minimum atomic E-state index is -1.50. The van der Waals surface area contributed by atoms with E-state index in [1.165, 1.54) is 17.4 Å². The van der Waals surface area contributed by atoms with Crippen molar-refractivity contribution in [3.63, 3.8) is 0 Å². The number of ketones is 1. The zero-order valence-corrected chi connectivity index (χ0v) is 22.5. The number of piperidine rings is 1. The summed E-state index contributed by atoms with van der Waals surface area (Å²) in [6, 6.07) is 8.50. The lowest BCUT2D eigenvalue weighted by atomic mass is 9.95. The molecule has 0 unspecified atom stereocenters. The van der Waals surface area contributed by atoms with Gasteiger partial charge >= 0.3 is 5.97 Å². The highest BCUT2D eigenvalue weighted by atomic mass is 32.1. The van der Waals surface area contributed by atoms with Gasteiger partial charge in [0.05, 0.1) is 16.9 Å². The second kappa shape index (κ2) is 12.1. The number of nitrogens with one attached hydrogen (secondary N) is 1. The summed E-state index contributed by atoms with van der Waals surface area (Å²) in [5.41, 5.74) is -0.453. The van der Waals surface area contributed by atoms with E-state index in [2.05, 4.69) is 5.32 Å². The minimum Gasteiger partial charge on any atom is -0.482 e. The van der Waals surface area contributed by atoms with Crippen LogP contribution in [0, 0.1) is 23.4 Å². The van der Waals surface area contributed by atoms with Crippen molar-refractivity contribution < 1.29 is 41.8 Å². The molecular formula is C29H25F3N2O6S. The van der Waals surface area contributed by atoms with Crippen molar-refractivity contribution in [2.24, 2.45) is 5.92 Å². The number of carbonyl (C=O) groups is 4. The fourth-order valence-electron chi connectivity index (χ4n) is 4.78. The number of rotatable bonds is 3. The molecule has 1 atom stereocenters. The summed E-state index contributed by atoms with van der Waals surface area (Å²) in [7, 11) is 0. The van der Waals surface area contributed by atoms with Crippen molar-refractivity contribution in [1.82, 2.24) is 10.2 Å². The largest absolute Gasteiger partial charge is 0.482 e. The number of thiophene rings is 1. The first-order valence-corrected chi connectivity index (χ1v) is 13.8. The molecule has 1 fully saturated rings. The number of halogens is 3. The van der Waals surface area contributed by atoms with Crippen LogP contribution >= 0.6 is 11.3 Å². The molecule has 3 aromatic rings. The van der Waals surface area contributed by atoms with E-state index in [1.807, 2.05) is 30.3 Å². The maximum absolute atomic E-state index is 14.4. The van der Waals surface area contributed by atoms with Crippen LogP contribution in [-0.4, -0.2) is 60.8 Å². The summed E-state index contributed by atoms with van der Waals surface area (Å²) in [6.45, 7) is -0.540. The number of nitrogens with zero attached hydrogens (tertiary/aromatic N) is 1. The molecule has 41 heavy (non-hydrogen) atoms. The second-order valence-corrected chi connectivity index (χ2v) is 10.8. The minimum absolute atomic E-state index is 0.117. The number of fused-ring (bicyclic) bond motifs is 2. The molecule has 1 N–H and O–H groups in total. The summed E-state index contributed by atoms with van der Waals surface area (Å²) in [4.78, 5) is 53.6. The Kier molecular flexibility index (Phi) is 8.39. The summed E-state index contributed by atoms with van der Waals surface area (Å²) in [6.07, 6.45) is 2.44. The summed E-state index contributed by atoms with van der Waals surface area (Å²) in [5, 5.41) is 3.53. The molecule has 2 aliphatic rings. The van der Waals surface area contributed by atoms with Gasteiger partial charge in [0.15, 0.2) is 17.3 Å². The number of cyclic esters (lactones) is 1. The van der Waals surface area contributed by atoms with Crippen LogP contribution in [0.2, 0.25) is 0 Å². The maximum Gasteiger partial charge on any atom is 0.308 e. The number of hydrogen-bond acceptors (Lipinski definition) is 7. The molecule has 3 heterocycles. The summed E-state index contributed by atoms with van der Waals surface area (Å²) in [5.74, 6) is -7.68. The first-order valence-electron chi connectivity index (χ1n) is 12.9. The van der Waals surface area contributed by atoms with E-state index in [9.17, 15) is 32.3 Å². The van der Waals surface area contributed by atoms with E-state index in [0.717, 1.165) is 16.2 Å². The van der Waals surface area contributed by atoms with Gasteiger partial charge < -0.3 is 19.7 Å². The molecule has 0 bridgehead atoms. The van der Waals surface area contributed by atoms with Crippen molar-refractivity contribution in [2.75, 3.05) is 26.3 Å². The summed E-state index contributed by atoms with van der Waals surface area (Å²) >= 11 is 1.40. The average Bonchev–Trinajstić information content (AvgIpc) is 3.40. The maximum atomic E-state index is 14.4. The van der Waals surface area contributed by atoms with E-state index in [1.54, 1.807) is 4.90 Å². The van der Waals surface area contributed by atoms with Crippen molar-refractivity contribution in [3.05, 3.63) is 70.4 Å². The van der Waals surface area contributed by atoms with Gasteiger partial charge in [-0.25, -0.2) is 8.78 Å². The lowest BCUT2D eigenvalue weighted by molar-refractivity contribution is -0.145. The molecule has 0 spiro atoms. The predicted molar refractivity (Wildman–Crippen MR) is 144 cm³/mol. The van der Waals surface area contributed by atoms with Crippen LogP contribution in [0.15, 0.2) is 42.5 Å². The molecule has 12 heteroatoms. The standard InChI is InChI=1S/C29H25F3N2O6S/c30-19-13-20(31)26(32)27-18(19)5-3-11-39-25(36)14-21(22(35)15-40-27)33-28(37)16-7-9-34(10-8-16)29(38)24-12-17-4-1-2-6-23(17)41-24/h1-6,12-13,16,21H,7-11,14-15H2,(H,33,37)/b5-3+/t21-/m0/s1. The van der Waals surface area contributed by atoms with E-state index >= 15 is 0 Å². The van der Waals surface area contributed by atoms with Gasteiger partial charge in [-0.1, -0.05) is 18.2 Å². The Morgan fingerprint density at radius 2 is 1.76 bits per heavy atom. The van der Waals surface area contributed by atoms with Crippen molar-refractivity contribution in [2.45, 2.75) is 25.3 Å². The Morgan fingerprint density at radius 3 is 2.51 bits per heavy atom. The van der Waals surface area contributed by atoms with Gasteiger partial charge in [-0.2, -0.15) is 4.39 Å². The second-order valence-electron chi connectivity index (χ2n) is 9.72. The van der Waals surface area contributed by atoms with Crippen LogP contribution in [0.5, 0.6) is 5.75 Å². The SMILES string of the molecule is O=C1C[C@H](NC(=O)C2CCN(C(=O)c3cc4ccccc4s3)CC2)C(=O)COc2c(F)c(F)cc(F)c2/C=C/CO1. The molecule has 1 aromatic heterocycles. The normalized spacial score (nSPS) is 19.4. The highest BCUT2D eigenvalue weighted by Crippen LogP contribution is 2.30. The van der Waals surface area contributed by atoms with Crippen LogP contribution in [0.3, 0.4) is 0 Å². The van der Waals surface area contributed by atoms with Crippen LogP contribution in [0.1, 0.15) is 34.5 Å². The Balaban J connectivity index is 1.23. The van der Waals surface area contributed by atoms with Crippen LogP contribution in [-0.2, 0) is 19.1 Å². The third kappa shape index (κ3) is 6.27. The smallest absolute Gasteiger partial charge is 0.308 e. The van der Waals surface area contributed by atoms with Gasteiger partial charge in [0.25, 0.3) is 5.91 Å². The van der Waals surface area contributed by atoms with Gasteiger partial charge in [0, 0.05) is 29.8 Å². The predicted octanol–water partition coefficient (Wildman–Crippen LogP) is 4.26. The Bertz CT molecular complexity index is 1510. The van der Waals surface area contributed by atoms with E-state index < -0.39 is 71.4 Å². The molecule has 0 aliphatic carbocycles. The molecule has 0 radical (unpaired) electrons. The van der Waals surface area contributed by atoms with Crippen LogP contribution in [0.4, 0.5) is 13.2 Å². The average molecular weight is 587 g/mol. The number of hydrogen-bond donors (Lipinski definition) is 1. The molecule has 8 nitrogen and oxygen atoms in total. The number of esters is 1. The van der Waals surface area contributed by atoms with Crippen LogP contribution in [0.25, 0.3) is 16.2 Å². The Hall–Kier alpha value is -4.19. The van der Waals surface area contributed by atoms with Crippen LogP contribution < -0.4 is 10.1 Å². The molecule has 0 saturated carbocycles. The number of amides is 2. The topological polar surface area (TPSA) is 102 Å². The van der Waals surface area contributed by atoms with Crippen molar-refractivity contribution in [3.8, 4) is 5.75 Å². The number of ether oxygens (including phenoxy) is 2. The highest BCUT2D eigenvalue weighted by molar-refractivity contribution is 7.20. The van der Waals surface area contributed by atoms with Crippen molar-refractivity contribution in [1.29, 1.82) is 0 Å². The Morgan fingerprint density at radius 1 is 1.00 bits per heavy atom. The first-order chi connectivity index (χ1) is 19.7. The quantitative estimate of drug-likeness (QED) is 0.364. The van der Waals surface area contributed by atoms with Gasteiger partial charge in [0.2, 0.25) is 11.7 Å². The summed E-state index contributed by atoms with van der Waals surface area (Å²) < 4.78 is 53.7. The zero-order chi connectivity index (χ0) is 29.1. The molecule has 2 aromatic carbocycles. The van der Waals surface area contributed by atoms with Gasteiger partial charge in [-0.15, -0.1) is 11.3 Å². The number of benzene rings is 2. The van der Waals surface area contributed by atoms with E-state index in [0.29, 0.717) is 36.9 Å². The first kappa shape index (κ1) is 28.3. The zero-order valence-electron chi connectivity index (χ0n) is 21.7. The van der Waals surface area contributed by atoms with E-state index in [-0.39, 0.29) is 12.5 Å². The number of likely N-dealkylation sites (tertiary alicyclic amines) is 1. The highest BCUT2D eigenvalue weighted by Gasteiger charge is 2.32. The van der Waals surface area contributed by atoms with E-state index in [4.69, 9.17) is 9.47 Å². The molecule has 2 aliphatic heterocycles. The van der Waals surface area contributed by atoms with Gasteiger partial charge in [-0.05, 0) is 42.5 Å². The number of Topliss-reactive ketones (excluding diaryl/α,β-unsaturated/α-hetero) is 1. The molecule has 1 saturated heterocycles. The molecular weight excluding hydrogens is 561 g/mol. The Labute approximate surface area is 236 Å². The van der Waals surface area contributed by atoms with Gasteiger partial charge in [-0.3, -0.25) is 19.2 Å². The van der Waals surface area contributed by atoms with Crippen molar-refractivity contribution >= 4 is 51.1 Å². The monoisotopic (exact) mass is 586 g/mol. The molecule has 2 amide bonds. The molecule has 214 valence electrons. The lowest BCUT2D eigenvalue weighted by Crippen LogP contribution is -2.49. The third-order valence-electron chi connectivity index (χ3n) is 7.01. The third-order valence-corrected chi connectivity index (χ3v) is 8.12. The molecule has 5 rings (SSSR count).